The Hall–Kier alpha value is -1.36. The van der Waals surface area contributed by atoms with Crippen molar-refractivity contribution in [3.05, 3.63) is 17.7 Å². The molecule has 0 spiro atoms. The summed E-state index contributed by atoms with van der Waals surface area (Å²) in [6, 6.07) is 0.553. The number of imidazole rings is 1. The van der Waals surface area contributed by atoms with Crippen LogP contribution in [0.5, 0.6) is 0 Å². The minimum atomic E-state index is -0.117. The molecule has 88 valence electrons. The summed E-state index contributed by atoms with van der Waals surface area (Å²) in [6.45, 7) is 1.85. The average molecular weight is 222 g/mol. The van der Waals surface area contributed by atoms with Gasteiger partial charge >= 0.3 is 0 Å². The van der Waals surface area contributed by atoms with Crippen molar-refractivity contribution in [2.45, 2.75) is 44.7 Å². The normalized spacial score (nSPS) is 25.4. The summed E-state index contributed by atoms with van der Waals surface area (Å²) >= 11 is 0. The third-order valence-electron chi connectivity index (χ3n) is 3.03. The molecule has 4 N–H and O–H groups in total. The lowest BCUT2D eigenvalue weighted by Crippen LogP contribution is -2.40. The van der Waals surface area contributed by atoms with Crippen LogP contribution in [0.1, 0.15) is 42.0 Å². The van der Waals surface area contributed by atoms with Gasteiger partial charge in [0.2, 0.25) is 0 Å². The molecule has 16 heavy (non-hydrogen) atoms. The number of amides is 1. The first-order valence-electron chi connectivity index (χ1n) is 5.73. The number of nitrogens with zero attached hydrogens (tertiary/aromatic N) is 1. The van der Waals surface area contributed by atoms with Gasteiger partial charge in [-0.1, -0.05) is 0 Å². The fourth-order valence-electron chi connectivity index (χ4n) is 2.05. The molecule has 0 aliphatic heterocycles. The maximum absolute atomic E-state index is 11.8. The van der Waals surface area contributed by atoms with Crippen LogP contribution < -0.4 is 11.1 Å². The van der Waals surface area contributed by atoms with E-state index in [-0.39, 0.29) is 11.9 Å². The van der Waals surface area contributed by atoms with Crippen LogP contribution >= 0.6 is 0 Å². The highest BCUT2D eigenvalue weighted by molar-refractivity contribution is 5.90. The number of hydrogen-bond acceptors (Lipinski definition) is 3. The Morgan fingerprint density at radius 3 is 2.75 bits per heavy atom. The van der Waals surface area contributed by atoms with Crippen LogP contribution in [0.15, 0.2) is 6.20 Å². The van der Waals surface area contributed by atoms with Crippen LogP contribution in [-0.4, -0.2) is 28.0 Å². The summed E-state index contributed by atoms with van der Waals surface area (Å²) in [4.78, 5) is 18.7. The Morgan fingerprint density at radius 2 is 2.19 bits per heavy atom. The Labute approximate surface area is 94.8 Å². The van der Waals surface area contributed by atoms with E-state index in [1.54, 1.807) is 6.20 Å². The van der Waals surface area contributed by atoms with Crippen molar-refractivity contribution in [1.29, 1.82) is 0 Å². The number of aromatic amines is 1. The van der Waals surface area contributed by atoms with Gasteiger partial charge in [0, 0.05) is 18.3 Å². The SMILES string of the molecule is Cc1c[nH]c(C(=O)NC2CCC(N)CC2)n1. The maximum Gasteiger partial charge on any atom is 0.287 e. The molecule has 1 aliphatic rings. The van der Waals surface area contributed by atoms with Crippen molar-refractivity contribution in [2.24, 2.45) is 5.73 Å². The van der Waals surface area contributed by atoms with Gasteiger partial charge in [-0.3, -0.25) is 4.79 Å². The summed E-state index contributed by atoms with van der Waals surface area (Å²) in [5.41, 5.74) is 6.64. The van der Waals surface area contributed by atoms with Crippen LogP contribution in [0.3, 0.4) is 0 Å². The molecule has 1 fully saturated rings. The zero-order valence-corrected chi connectivity index (χ0v) is 9.49. The summed E-state index contributed by atoms with van der Waals surface area (Å²) in [7, 11) is 0. The number of aromatic nitrogens is 2. The highest BCUT2D eigenvalue weighted by atomic mass is 16.2. The molecule has 5 heteroatoms. The largest absolute Gasteiger partial charge is 0.347 e. The second-order valence-electron chi connectivity index (χ2n) is 4.48. The maximum atomic E-state index is 11.8. The molecule has 0 atom stereocenters. The van der Waals surface area contributed by atoms with Gasteiger partial charge in [0.1, 0.15) is 0 Å². The molecule has 0 bridgehead atoms. The summed E-state index contributed by atoms with van der Waals surface area (Å²) < 4.78 is 0. The molecule has 2 rings (SSSR count). The third-order valence-corrected chi connectivity index (χ3v) is 3.03. The molecular formula is C11H18N4O. The van der Waals surface area contributed by atoms with Crippen LogP contribution in [0.25, 0.3) is 0 Å². The van der Waals surface area contributed by atoms with Gasteiger partial charge in [0.25, 0.3) is 5.91 Å². The first-order valence-corrected chi connectivity index (χ1v) is 5.73. The monoisotopic (exact) mass is 222 g/mol. The third kappa shape index (κ3) is 2.61. The Balaban J connectivity index is 1.88. The molecule has 0 radical (unpaired) electrons. The first kappa shape index (κ1) is 11.1. The van der Waals surface area contributed by atoms with Crippen molar-refractivity contribution >= 4 is 5.91 Å². The molecule has 1 aliphatic carbocycles. The fraction of sp³-hybridized carbons (Fsp3) is 0.636. The molecular weight excluding hydrogens is 204 g/mol. The number of nitrogens with two attached hydrogens (primary N) is 1. The number of carbonyl (C=O) groups excluding carboxylic acids is 1. The Bertz CT molecular complexity index is 366. The predicted octanol–water partition coefficient (Wildman–Crippen LogP) is 0.718. The van der Waals surface area contributed by atoms with Gasteiger partial charge in [0.05, 0.1) is 5.69 Å². The van der Waals surface area contributed by atoms with Gasteiger partial charge in [-0.25, -0.2) is 4.98 Å². The summed E-state index contributed by atoms with van der Waals surface area (Å²) in [6.07, 6.45) is 5.63. The molecule has 1 heterocycles. The second kappa shape index (κ2) is 4.65. The fourth-order valence-corrected chi connectivity index (χ4v) is 2.05. The van der Waals surface area contributed by atoms with Crippen LogP contribution in [0, 0.1) is 6.92 Å². The van der Waals surface area contributed by atoms with E-state index >= 15 is 0 Å². The molecule has 0 aromatic carbocycles. The number of H-pyrrole nitrogens is 1. The number of aryl methyl sites for hydroxylation is 1. The van der Waals surface area contributed by atoms with E-state index in [1.807, 2.05) is 6.92 Å². The number of nitrogens with one attached hydrogen (secondary N) is 2. The van der Waals surface area contributed by atoms with Crippen molar-refractivity contribution in [1.82, 2.24) is 15.3 Å². The quantitative estimate of drug-likeness (QED) is 0.689. The second-order valence-corrected chi connectivity index (χ2v) is 4.48. The van der Waals surface area contributed by atoms with Crippen molar-refractivity contribution in [2.75, 3.05) is 0 Å². The van der Waals surface area contributed by atoms with E-state index in [0.717, 1.165) is 31.4 Å². The van der Waals surface area contributed by atoms with Gasteiger partial charge < -0.3 is 16.0 Å². The van der Waals surface area contributed by atoms with Crippen LogP contribution in [-0.2, 0) is 0 Å². The Kier molecular flexibility index (Phi) is 3.24. The highest BCUT2D eigenvalue weighted by Crippen LogP contribution is 2.17. The van der Waals surface area contributed by atoms with E-state index < -0.39 is 0 Å². The lowest BCUT2D eigenvalue weighted by molar-refractivity contribution is 0.0916. The summed E-state index contributed by atoms with van der Waals surface area (Å²) in [5.74, 6) is 0.279. The van der Waals surface area contributed by atoms with Gasteiger partial charge in [-0.15, -0.1) is 0 Å². The van der Waals surface area contributed by atoms with Crippen molar-refractivity contribution in [3.8, 4) is 0 Å². The smallest absolute Gasteiger partial charge is 0.287 e. The molecule has 5 nitrogen and oxygen atoms in total. The lowest BCUT2D eigenvalue weighted by atomic mass is 9.92. The number of hydrogen-bond donors (Lipinski definition) is 3. The van der Waals surface area contributed by atoms with Crippen LogP contribution in [0.4, 0.5) is 0 Å². The molecule has 1 amide bonds. The zero-order chi connectivity index (χ0) is 11.5. The first-order chi connectivity index (χ1) is 7.65. The zero-order valence-electron chi connectivity index (χ0n) is 9.49. The van der Waals surface area contributed by atoms with Crippen LogP contribution in [0.2, 0.25) is 0 Å². The molecule has 1 aromatic heterocycles. The molecule has 0 unspecified atom stereocenters. The number of rotatable bonds is 2. The predicted molar refractivity (Wildman–Crippen MR) is 61.0 cm³/mol. The van der Waals surface area contributed by atoms with E-state index in [2.05, 4.69) is 15.3 Å². The standard InChI is InChI=1S/C11H18N4O/c1-7-6-13-10(14-7)11(16)15-9-4-2-8(12)3-5-9/h6,8-9H,2-5,12H2,1H3,(H,13,14)(H,15,16). The van der Waals surface area contributed by atoms with Gasteiger partial charge in [-0.05, 0) is 32.6 Å². The molecule has 0 saturated heterocycles. The van der Waals surface area contributed by atoms with Gasteiger partial charge in [0.15, 0.2) is 5.82 Å². The van der Waals surface area contributed by atoms with E-state index in [1.165, 1.54) is 0 Å². The van der Waals surface area contributed by atoms with E-state index in [9.17, 15) is 4.79 Å². The highest BCUT2D eigenvalue weighted by Gasteiger charge is 2.21. The molecule has 1 saturated carbocycles. The summed E-state index contributed by atoms with van der Waals surface area (Å²) in [5, 5.41) is 2.98. The Morgan fingerprint density at radius 1 is 1.50 bits per heavy atom. The van der Waals surface area contributed by atoms with E-state index in [0.29, 0.717) is 11.9 Å². The number of carbonyl (C=O) groups is 1. The van der Waals surface area contributed by atoms with Crippen molar-refractivity contribution in [3.63, 3.8) is 0 Å². The topological polar surface area (TPSA) is 83.8 Å². The molecule has 1 aromatic rings. The van der Waals surface area contributed by atoms with Crippen molar-refractivity contribution < 1.29 is 4.79 Å². The van der Waals surface area contributed by atoms with E-state index in [4.69, 9.17) is 5.73 Å². The van der Waals surface area contributed by atoms with Gasteiger partial charge in [-0.2, -0.15) is 0 Å². The minimum absolute atomic E-state index is 0.117. The minimum Gasteiger partial charge on any atom is -0.347 e. The average Bonchev–Trinajstić information content (AvgIpc) is 2.68. The lowest BCUT2D eigenvalue weighted by Gasteiger charge is -2.26.